The third-order valence-electron chi connectivity index (χ3n) is 4.31. The van der Waals surface area contributed by atoms with Crippen molar-refractivity contribution in [2.24, 2.45) is 0 Å². The lowest BCUT2D eigenvalue weighted by molar-refractivity contribution is 0.102. The summed E-state index contributed by atoms with van der Waals surface area (Å²) >= 11 is 7.52. The van der Waals surface area contributed by atoms with Gasteiger partial charge in [0.25, 0.3) is 5.91 Å². The van der Waals surface area contributed by atoms with E-state index in [2.05, 4.69) is 15.6 Å². The molecule has 4 rings (SSSR count). The molecule has 2 N–H and O–H groups in total. The van der Waals surface area contributed by atoms with E-state index >= 15 is 0 Å². The molecular formula is C24H18ClN3OS. The zero-order valence-electron chi connectivity index (χ0n) is 15.9. The molecule has 6 heteroatoms. The maximum absolute atomic E-state index is 12.3. The number of nitrogens with one attached hydrogen (secondary N) is 2. The second-order valence-electron chi connectivity index (χ2n) is 6.47. The first kappa shape index (κ1) is 19.9. The number of thiazole rings is 1. The van der Waals surface area contributed by atoms with Crippen molar-refractivity contribution in [1.29, 1.82) is 0 Å². The number of benzene rings is 3. The van der Waals surface area contributed by atoms with Gasteiger partial charge in [0.2, 0.25) is 0 Å². The Morgan fingerprint density at radius 2 is 1.77 bits per heavy atom. The molecule has 0 saturated carbocycles. The second kappa shape index (κ2) is 9.39. The van der Waals surface area contributed by atoms with Gasteiger partial charge in [-0.25, -0.2) is 4.98 Å². The summed E-state index contributed by atoms with van der Waals surface area (Å²) in [4.78, 5) is 16.9. The minimum absolute atomic E-state index is 0.130. The van der Waals surface area contributed by atoms with E-state index in [0.717, 1.165) is 27.6 Å². The van der Waals surface area contributed by atoms with Crippen LogP contribution in [0.3, 0.4) is 0 Å². The van der Waals surface area contributed by atoms with Gasteiger partial charge in [0.05, 0.1) is 5.69 Å². The van der Waals surface area contributed by atoms with Crippen molar-refractivity contribution < 1.29 is 4.79 Å². The van der Waals surface area contributed by atoms with Crippen molar-refractivity contribution in [2.75, 3.05) is 10.6 Å². The molecule has 148 valence electrons. The summed E-state index contributed by atoms with van der Waals surface area (Å²) in [6.45, 7) is 0. The maximum Gasteiger partial charge on any atom is 0.255 e. The number of carbonyl (C=O) groups is 1. The molecule has 0 aliphatic rings. The van der Waals surface area contributed by atoms with Gasteiger partial charge >= 0.3 is 0 Å². The summed E-state index contributed by atoms with van der Waals surface area (Å²) < 4.78 is 0. The molecule has 0 saturated heterocycles. The van der Waals surface area contributed by atoms with Crippen molar-refractivity contribution in [3.8, 4) is 11.3 Å². The number of amides is 1. The zero-order valence-corrected chi connectivity index (χ0v) is 17.5. The zero-order chi connectivity index (χ0) is 20.8. The van der Waals surface area contributed by atoms with E-state index in [9.17, 15) is 4.79 Å². The highest BCUT2D eigenvalue weighted by atomic mass is 35.5. The highest BCUT2D eigenvalue weighted by Gasteiger charge is 2.07. The largest absolute Gasteiger partial charge is 0.338 e. The SMILES string of the molecule is O=C(Nc1ccc(-c2csc(N/C=C\c3cccc(Cl)c3)n2)cc1)c1ccccc1. The fourth-order valence-corrected chi connectivity index (χ4v) is 3.71. The number of rotatable bonds is 6. The Balaban J connectivity index is 1.38. The lowest BCUT2D eigenvalue weighted by Gasteiger charge is -2.06. The summed E-state index contributed by atoms with van der Waals surface area (Å²) in [7, 11) is 0. The number of hydrogen-bond acceptors (Lipinski definition) is 4. The van der Waals surface area contributed by atoms with Gasteiger partial charge in [-0.2, -0.15) is 0 Å². The molecule has 0 bridgehead atoms. The van der Waals surface area contributed by atoms with Crippen molar-refractivity contribution in [3.05, 3.63) is 107 Å². The van der Waals surface area contributed by atoms with Crippen molar-refractivity contribution in [2.45, 2.75) is 0 Å². The molecule has 1 heterocycles. The standard InChI is InChI=1S/C24H18ClN3OS/c25-20-8-4-5-17(15-20)13-14-26-24-28-22(16-30-24)18-9-11-21(12-10-18)27-23(29)19-6-2-1-3-7-19/h1-16H,(H,26,28)(H,27,29)/b14-13-. The van der Waals surface area contributed by atoms with Crippen LogP contribution in [-0.4, -0.2) is 10.9 Å². The van der Waals surface area contributed by atoms with Crippen LogP contribution in [0.4, 0.5) is 10.8 Å². The van der Waals surface area contributed by atoms with Crippen LogP contribution in [0.1, 0.15) is 15.9 Å². The number of hydrogen-bond donors (Lipinski definition) is 2. The van der Waals surface area contributed by atoms with E-state index in [1.165, 1.54) is 11.3 Å². The minimum atomic E-state index is -0.130. The lowest BCUT2D eigenvalue weighted by Crippen LogP contribution is -2.11. The monoisotopic (exact) mass is 431 g/mol. The first-order valence-corrected chi connectivity index (χ1v) is 10.5. The van der Waals surface area contributed by atoms with Crippen molar-refractivity contribution >= 4 is 45.7 Å². The number of aromatic nitrogens is 1. The summed E-state index contributed by atoms with van der Waals surface area (Å²) in [5.74, 6) is -0.130. The van der Waals surface area contributed by atoms with Gasteiger partial charge in [0.15, 0.2) is 5.13 Å². The number of halogens is 1. The average Bonchev–Trinajstić information content (AvgIpc) is 3.24. The Labute approximate surface area is 183 Å². The maximum atomic E-state index is 12.3. The topological polar surface area (TPSA) is 54.0 Å². The highest BCUT2D eigenvalue weighted by molar-refractivity contribution is 7.14. The fraction of sp³-hybridized carbons (Fsp3) is 0. The Morgan fingerprint density at radius 1 is 0.967 bits per heavy atom. The molecule has 0 fully saturated rings. The lowest BCUT2D eigenvalue weighted by atomic mass is 10.1. The molecule has 0 spiro atoms. The molecule has 4 aromatic rings. The highest BCUT2D eigenvalue weighted by Crippen LogP contribution is 2.26. The van der Waals surface area contributed by atoms with Crippen LogP contribution >= 0.6 is 22.9 Å². The van der Waals surface area contributed by atoms with Crippen molar-refractivity contribution in [3.63, 3.8) is 0 Å². The molecule has 1 aromatic heterocycles. The molecule has 0 aliphatic carbocycles. The number of carbonyl (C=O) groups excluding carboxylic acids is 1. The van der Waals surface area contributed by atoms with E-state index < -0.39 is 0 Å². The Hall–Kier alpha value is -3.41. The number of nitrogens with zero attached hydrogens (tertiary/aromatic N) is 1. The molecule has 4 nitrogen and oxygen atoms in total. The van der Waals surface area contributed by atoms with Crippen LogP contribution in [0.2, 0.25) is 5.02 Å². The van der Waals surface area contributed by atoms with Crippen LogP contribution in [-0.2, 0) is 0 Å². The van der Waals surface area contributed by atoms with E-state index in [4.69, 9.17) is 11.6 Å². The number of anilines is 2. The normalized spacial score (nSPS) is 10.8. The Bertz CT molecular complexity index is 1170. The summed E-state index contributed by atoms with van der Waals surface area (Å²) in [5, 5.41) is 9.58. The molecule has 0 aliphatic heterocycles. The molecule has 0 atom stereocenters. The molecule has 1 amide bonds. The van der Waals surface area contributed by atoms with Crippen LogP contribution in [0.15, 0.2) is 90.4 Å². The summed E-state index contributed by atoms with van der Waals surface area (Å²) in [5.41, 5.74) is 4.24. The van der Waals surface area contributed by atoms with Gasteiger partial charge < -0.3 is 10.6 Å². The third kappa shape index (κ3) is 5.14. The Morgan fingerprint density at radius 3 is 2.53 bits per heavy atom. The first-order chi connectivity index (χ1) is 14.7. The first-order valence-electron chi connectivity index (χ1n) is 9.28. The third-order valence-corrected chi connectivity index (χ3v) is 5.32. The smallest absolute Gasteiger partial charge is 0.255 e. The minimum Gasteiger partial charge on any atom is -0.338 e. The van der Waals surface area contributed by atoms with Gasteiger partial charge in [0, 0.05) is 33.4 Å². The van der Waals surface area contributed by atoms with Gasteiger partial charge in [-0.05, 0) is 48.0 Å². The second-order valence-corrected chi connectivity index (χ2v) is 7.76. The van der Waals surface area contributed by atoms with Gasteiger partial charge in [0.1, 0.15) is 0 Å². The van der Waals surface area contributed by atoms with Crippen LogP contribution in [0, 0.1) is 0 Å². The van der Waals surface area contributed by atoms with E-state index in [1.807, 2.05) is 84.4 Å². The van der Waals surface area contributed by atoms with E-state index in [1.54, 1.807) is 12.1 Å². The van der Waals surface area contributed by atoms with Crippen LogP contribution in [0.5, 0.6) is 0 Å². The average molecular weight is 432 g/mol. The van der Waals surface area contributed by atoms with Gasteiger partial charge in [-0.3, -0.25) is 4.79 Å². The fourth-order valence-electron chi connectivity index (χ4n) is 2.81. The van der Waals surface area contributed by atoms with E-state index in [-0.39, 0.29) is 5.91 Å². The molecule has 30 heavy (non-hydrogen) atoms. The predicted octanol–water partition coefficient (Wildman–Crippen LogP) is 6.80. The molecule has 0 unspecified atom stereocenters. The van der Waals surface area contributed by atoms with Gasteiger partial charge in [-0.15, -0.1) is 11.3 Å². The van der Waals surface area contributed by atoms with E-state index in [0.29, 0.717) is 10.6 Å². The molecule has 0 radical (unpaired) electrons. The predicted molar refractivity (Wildman–Crippen MR) is 126 cm³/mol. The van der Waals surface area contributed by atoms with Gasteiger partial charge in [-0.1, -0.05) is 54.1 Å². The molecule has 3 aromatic carbocycles. The summed E-state index contributed by atoms with van der Waals surface area (Å²) in [6, 6.07) is 24.4. The summed E-state index contributed by atoms with van der Waals surface area (Å²) in [6.07, 6.45) is 3.79. The van der Waals surface area contributed by atoms with Crippen LogP contribution < -0.4 is 10.6 Å². The quantitative estimate of drug-likeness (QED) is 0.353. The molecular weight excluding hydrogens is 414 g/mol. The van der Waals surface area contributed by atoms with Crippen LogP contribution in [0.25, 0.3) is 17.3 Å². The van der Waals surface area contributed by atoms with Crippen molar-refractivity contribution in [1.82, 2.24) is 4.98 Å². The Kier molecular flexibility index (Phi) is 6.23.